The largest absolute Gasteiger partial charge is 0.469 e. The molecule has 0 fully saturated rings. The summed E-state index contributed by atoms with van der Waals surface area (Å²) in [5, 5.41) is 15.6. The van der Waals surface area contributed by atoms with Gasteiger partial charge in [0.1, 0.15) is 5.76 Å². The minimum Gasteiger partial charge on any atom is -0.469 e. The van der Waals surface area contributed by atoms with Crippen LogP contribution in [0.5, 0.6) is 0 Å². The van der Waals surface area contributed by atoms with E-state index >= 15 is 0 Å². The third-order valence-electron chi connectivity index (χ3n) is 4.26. The molecule has 1 aromatic carbocycles. The Morgan fingerprint density at radius 3 is 2.93 bits per heavy atom. The van der Waals surface area contributed by atoms with Crippen molar-refractivity contribution in [2.24, 2.45) is 0 Å². The summed E-state index contributed by atoms with van der Waals surface area (Å²) < 4.78 is 5.38. The summed E-state index contributed by atoms with van der Waals surface area (Å²) in [4.78, 5) is 24.4. The van der Waals surface area contributed by atoms with Gasteiger partial charge in [-0.2, -0.15) is 5.26 Å². The highest BCUT2D eigenvalue weighted by molar-refractivity contribution is 8.03. The number of nitrogens with one attached hydrogen (secondary N) is 2. The fourth-order valence-corrected chi connectivity index (χ4v) is 3.74. The normalized spacial score (nSPS) is 16.6. The van der Waals surface area contributed by atoms with Crippen molar-refractivity contribution in [3.63, 3.8) is 0 Å². The minimum absolute atomic E-state index is 0.0824. The van der Waals surface area contributed by atoms with E-state index in [1.807, 2.05) is 32.0 Å². The molecule has 0 saturated heterocycles. The highest BCUT2D eigenvalue weighted by Crippen LogP contribution is 2.36. The number of rotatable bonds is 5. The summed E-state index contributed by atoms with van der Waals surface area (Å²) in [6.07, 6.45) is 1.66. The molecule has 0 radical (unpaired) electrons. The number of carbonyl (C=O) groups excluding carboxylic acids is 2. The number of benzene rings is 1. The van der Waals surface area contributed by atoms with Gasteiger partial charge in [0.25, 0.3) is 0 Å². The Labute approximate surface area is 161 Å². The maximum absolute atomic E-state index is 12.3. The van der Waals surface area contributed by atoms with E-state index in [2.05, 4.69) is 16.7 Å². The second-order valence-electron chi connectivity index (χ2n) is 6.33. The molecule has 27 heavy (non-hydrogen) atoms. The van der Waals surface area contributed by atoms with Crippen molar-refractivity contribution in [3.8, 4) is 6.07 Å². The molecular weight excluding hydrogens is 362 g/mol. The molecule has 0 bridgehead atoms. The zero-order chi connectivity index (χ0) is 19.4. The molecule has 1 aliphatic heterocycles. The van der Waals surface area contributed by atoms with Crippen LogP contribution in [0.25, 0.3) is 0 Å². The lowest BCUT2D eigenvalue weighted by Gasteiger charge is -2.23. The topological polar surface area (TPSA) is 95.1 Å². The van der Waals surface area contributed by atoms with Crippen molar-refractivity contribution in [3.05, 3.63) is 64.1 Å². The van der Waals surface area contributed by atoms with Crippen LogP contribution < -0.4 is 10.6 Å². The number of furan rings is 1. The maximum Gasteiger partial charge on any atom is 0.234 e. The highest BCUT2D eigenvalue weighted by Gasteiger charge is 2.31. The van der Waals surface area contributed by atoms with Crippen molar-refractivity contribution in [1.29, 1.82) is 5.26 Å². The van der Waals surface area contributed by atoms with Crippen LogP contribution in [-0.4, -0.2) is 17.6 Å². The van der Waals surface area contributed by atoms with Crippen molar-refractivity contribution >= 4 is 29.3 Å². The Hall–Kier alpha value is -2.98. The first kappa shape index (κ1) is 18.8. The molecule has 2 N–H and O–H groups in total. The van der Waals surface area contributed by atoms with Gasteiger partial charge in [-0.15, -0.1) is 0 Å². The molecule has 138 valence electrons. The number of allylic oxidation sites excluding steroid dienone is 1. The van der Waals surface area contributed by atoms with Crippen LogP contribution in [0, 0.1) is 25.2 Å². The SMILES string of the molecule is Cc1ccc(C)c(NC(=O)CSC2=C(C#N)[C@@H](c3ccco3)CC(=O)N2)c1. The Morgan fingerprint density at radius 2 is 2.22 bits per heavy atom. The highest BCUT2D eigenvalue weighted by atomic mass is 32.2. The lowest BCUT2D eigenvalue weighted by molar-refractivity contribution is -0.121. The van der Waals surface area contributed by atoms with E-state index in [-0.39, 0.29) is 24.0 Å². The number of nitrogens with zero attached hydrogens (tertiary/aromatic N) is 1. The monoisotopic (exact) mass is 381 g/mol. The third-order valence-corrected chi connectivity index (χ3v) is 5.27. The Balaban J connectivity index is 1.73. The Morgan fingerprint density at radius 1 is 1.41 bits per heavy atom. The summed E-state index contributed by atoms with van der Waals surface area (Å²) in [5.41, 5.74) is 3.20. The molecule has 1 aromatic heterocycles. The van der Waals surface area contributed by atoms with E-state index in [0.29, 0.717) is 16.4 Å². The van der Waals surface area contributed by atoms with Crippen molar-refractivity contribution in [2.75, 3.05) is 11.1 Å². The molecule has 2 aromatic rings. The lowest BCUT2D eigenvalue weighted by Crippen LogP contribution is -2.31. The molecule has 6 nitrogen and oxygen atoms in total. The predicted molar refractivity (Wildman–Crippen MR) is 104 cm³/mol. The first-order valence-electron chi connectivity index (χ1n) is 8.45. The number of amides is 2. The fraction of sp³-hybridized carbons (Fsp3) is 0.250. The molecule has 1 atom stereocenters. The summed E-state index contributed by atoms with van der Waals surface area (Å²) >= 11 is 1.14. The van der Waals surface area contributed by atoms with Gasteiger partial charge in [-0.1, -0.05) is 23.9 Å². The minimum atomic E-state index is -0.427. The number of nitriles is 1. The van der Waals surface area contributed by atoms with Gasteiger partial charge in [-0.05, 0) is 43.2 Å². The zero-order valence-corrected chi connectivity index (χ0v) is 15.9. The second-order valence-corrected chi connectivity index (χ2v) is 7.32. The van der Waals surface area contributed by atoms with Crippen LogP contribution in [-0.2, 0) is 9.59 Å². The van der Waals surface area contributed by atoms with Crippen LogP contribution in [0.4, 0.5) is 5.69 Å². The van der Waals surface area contributed by atoms with Gasteiger partial charge < -0.3 is 15.1 Å². The smallest absolute Gasteiger partial charge is 0.234 e. The zero-order valence-electron chi connectivity index (χ0n) is 15.0. The second kappa shape index (κ2) is 8.14. The van der Waals surface area contributed by atoms with Gasteiger partial charge in [-0.3, -0.25) is 9.59 Å². The van der Waals surface area contributed by atoms with Crippen LogP contribution >= 0.6 is 11.8 Å². The number of aryl methyl sites for hydroxylation is 2. The van der Waals surface area contributed by atoms with Gasteiger partial charge in [-0.25, -0.2) is 0 Å². The van der Waals surface area contributed by atoms with Crippen molar-refractivity contribution < 1.29 is 14.0 Å². The fourth-order valence-electron chi connectivity index (χ4n) is 2.86. The summed E-state index contributed by atoms with van der Waals surface area (Å²) in [6.45, 7) is 3.88. The molecule has 3 rings (SSSR count). The summed E-state index contributed by atoms with van der Waals surface area (Å²) in [7, 11) is 0. The van der Waals surface area contributed by atoms with Crippen LogP contribution in [0.1, 0.15) is 29.2 Å². The molecule has 2 heterocycles. The average molecular weight is 381 g/mol. The molecule has 1 aliphatic rings. The predicted octanol–water partition coefficient (Wildman–Crippen LogP) is 3.61. The number of hydrogen-bond donors (Lipinski definition) is 2. The Kier molecular flexibility index (Phi) is 5.67. The molecule has 0 spiro atoms. The standard InChI is InChI=1S/C20H19N3O3S/c1-12-5-6-13(2)16(8-12)22-19(25)11-27-20-15(10-21)14(9-18(24)23-20)17-4-3-7-26-17/h3-8,14H,9,11H2,1-2H3,(H,22,25)(H,23,24)/t14-/m0/s1. The third kappa shape index (κ3) is 4.41. The number of hydrogen-bond acceptors (Lipinski definition) is 5. The molecule has 2 amide bonds. The number of anilines is 1. The van der Waals surface area contributed by atoms with Crippen LogP contribution in [0.2, 0.25) is 0 Å². The summed E-state index contributed by atoms with van der Waals surface area (Å²) in [6, 6.07) is 11.5. The van der Waals surface area contributed by atoms with Crippen molar-refractivity contribution in [2.45, 2.75) is 26.2 Å². The van der Waals surface area contributed by atoms with Crippen LogP contribution in [0.15, 0.2) is 51.6 Å². The molecule has 0 saturated carbocycles. The number of thioether (sulfide) groups is 1. The van der Waals surface area contributed by atoms with E-state index in [0.717, 1.165) is 28.6 Å². The first-order valence-corrected chi connectivity index (χ1v) is 9.44. The van der Waals surface area contributed by atoms with Gasteiger partial charge in [0.05, 0.1) is 34.6 Å². The van der Waals surface area contributed by atoms with E-state index in [1.165, 1.54) is 6.26 Å². The van der Waals surface area contributed by atoms with Gasteiger partial charge >= 0.3 is 0 Å². The Bertz CT molecular complexity index is 942. The van der Waals surface area contributed by atoms with Crippen LogP contribution in [0.3, 0.4) is 0 Å². The van der Waals surface area contributed by atoms with Crippen molar-refractivity contribution in [1.82, 2.24) is 5.32 Å². The van der Waals surface area contributed by atoms with Gasteiger partial charge in [0.2, 0.25) is 11.8 Å². The molecule has 0 aliphatic carbocycles. The maximum atomic E-state index is 12.3. The molecular formula is C20H19N3O3S. The van der Waals surface area contributed by atoms with Gasteiger partial charge in [0, 0.05) is 12.1 Å². The quantitative estimate of drug-likeness (QED) is 0.825. The first-order chi connectivity index (χ1) is 13.0. The molecule has 0 unspecified atom stereocenters. The average Bonchev–Trinajstić information content (AvgIpc) is 3.17. The van der Waals surface area contributed by atoms with E-state index in [9.17, 15) is 14.9 Å². The molecule has 7 heteroatoms. The summed E-state index contributed by atoms with van der Waals surface area (Å²) in [5.74, 6) is -0.178. The lowest BCUT2D eigenvalue weighted by atomic mass is 9.92. The van der Waals surface area contributed by atoms with E-state index in [1.54, 1.807) is 12.1 Å². The number of carbonyl (C=O) groups is 2. The van der Waals surface area contributed by atoms with E-state index < -0.39 is 5.92 Å². The van der Waals surface area contributed by atoms with Gasteiger partial charge in [0.15, 0.2) is 0 Å². The van der Waals surface area contributed by atoms with E-state index in [4.69, 9.17) is 4.42 Å².